The molecule has 0 unspecified atom stereocenters. The number of amidine groups is 1. The van der Waals surface area contributed by atoms with Crippen LogP contribution in [0.3, 0.4) is 0 Å². The van der Waals surface area contributed by atoms with Crippen LogP contribution in [0.25, 0.3) is 0 Å². The monoisotopic (exact) mass is 410 g/mol. The molecule has 146 valence electrons. The highest BCUT2D eigenvalue weighted by Gasteiger charge is 2.48. The summed E-state index contributed by atoms with van der Waals surface area (Å²) in [5.41, 5.74) is 0.983. The molecule has 1 amide bonds. The molecule has 3 aliphatic rings. The Hall–Kier alpha value is -1.58. The summed E-state index contributed by atoms with van der Waals surface area (Å²) in [4.78, 5) is 18.7. The second kappa shape index (κ2) is 7.44. The van der Waals surface area contributed by atoms with Crippen molar-refractivity contribution in [3.63, 3.8) is 0 Å². The number of carbonyl (C=O) groups excluding carboxylic acids is 1. The van der Waals surface area contributed by atoms with Crippen molar-refractivity contribution >= 4 is 32.7 Å². The van der Waals surface area contributed by atoms with Crippen LogP contribution in [0.4, 0.5) is 0 Å². The van der Waals surface area contributed by atoms with Crippen LogP contribution >= 0.6 is 11.8 Å². The van der Waals surface area contributed by atoms with E-state index in [9.17, 15) is 13.2 Å². The lowest BCUT2D eigenvalue weighted by molar-refractivity contribution is -0.126. The number of hydrogen-bond donors (Lipinski definition) is 0. The molecular weight excluding hydrogens is 388 g/mol. The van der Waals surface area contributed by atoms with E-state index in [1.165, 1.54) is 11.8 Å². The third kappa shape index (κ3) is 4.00. The first-order valence-electron chi connectivity index (χ1n) is 8.96. The number of nitrogens with zero attached hydrogens (tertiary/aromatic N) is 2. The van der Waals surface area contributed by atoms with E-state index in [0.717, 1.165) is 17.7 Å². The van der Waals surface area contributed by atoms with Gasteiger partial charge in [0, 0.05) is 18.4 Å². The number of thioether (sulfide) groups is 1. The molecule has 1 aromatic carbocycles. The van der Waals surface area contributed by atoms with Gasteiger partial charge in [0.2, 0.25) is 0 Å². The molecule has 7 nitrogen and oxygen atoms in total. The van der Waals surface area contributed by atoms with Crippen molar-refractivity contribution in [2.75, 3.05) is 25.2 Å². The molecule has 3 atom stereocenters. The SMILES string of the molecule is COc1cccc(CN2C(=NC(=O)[C@@H]3CCCO3)S[C@@H]3CS(=O)(=O)C[C@@H]32)c1. The van der Waals surface area contributed by atoms with Crippen molar-refractivity contribution in [1.82, 2.24) is 4.90 Å². The highest BCUT2D eigenvalue weighted by Crippen LogP contribution is 2.39. The minimum absolute atomic E-state index is 0.0864. The minimum atomic E-state index is -3.06. The molecule has 27 heavy (non-hydrogen) atoms. The molecule has 0 aliphatic carbocycles. The van der Waals surface area contributed by atoms with Gasteiger partial charge in [-0.2, -0.15) is 4.99 Å². The summed E-state index contributed by atoms with van der Waals surface area (Å²) in [6, 6.07) is 7.47. The topological polar surface area (TPSA) is 85.3 Å². The number of amides is 1. The van der Waals surface area contributed by atoms with E-state index >= 15 is 0 Å². The highest BCUT2D eigenvalue weighted by atomic mass is 32.2. The van der Waals surface area contributed by atoms with E-state index in [1.54, 1.807) is 7.11 Å². The first kappa shape index (κ1) is 18.8. The van der Waals surface area contributed by atoms with Gasteiger partial charge in [0.1, 0.15) is 11.9 Å². The lowest BCUT2D eigenvalue weighted by Gasteiger charge is -2.24. The molecule has 1 aromatic rings. The average Bonchev–Trinajstić information content (AvgIpc) is 3.32. The summed E-state index contributed by atoms with van der Waals surface area (Å²) in [5, 5.41) is 0.514. The van der Waals surface area contributed by atoms with Crippen molar-refractivity contribution in [3.8, 4) is 5.75 Å². The number of ether oxygens (including phenoxy) is 2. The summed E-state index contributed by atoms with van der Waals surface area (Å²) < 4.78 is 34.9. The fraction of sp³-hybridized carbons (Fsp3) is 0.556. The van der Waals surface area contributed by atoms with Crippen LogP contribution in [0.15, 0.2) is 29.3 Å². The molecule has 0 aromatic heterocycles. The summed E-state index contributed by atoms with van der Waals surface area (Å²) in [6.45, 7) is 1.07. The number of carbonyl (C=O) groups is 1. The highest BCUT2D eigenvalue weighted by molar-refractivity contribution is 8.15. The second-order valence-corrected chi connectivity index (χ2v) is 10.4. The molecule has 0 N–H and O–H groups in total. The maximum absolute atomic E-state index is 12.5. The van der Waals surface area contributed by atoms with E-state index in [1.807, 2.05) is 29.2 Å². The van der Waals surface area contributed by atoms with Crippen LogP contribution in [0, 0.1) is 0 Å². The molecule has 3 fully saturated rings. The zero-order valence-electron chi connectivity index (χ0n) is 15.0. The molecular formula is C18H22N2O5S2. The van der Waals surface area contributed by atoms with Crippen molar-refractivity contribution in [1.29, 1.82) is 0 Å². The normalized spacial score (nSPS) is 30.6. The maximum Gasteiger partial charge on any atom is 0.277 e. The van der Waals surface area contributed by atoms with Crippen molar-refractivity contribution in [2.45, 2.75) is 36.8 Å². The van der Waals surface area contributed by atoms with Crippen LogP contribution in [0.1, 0.15) is 18.4 Å². The van der Waals surface area contributed by atoms with Crippen molar-refractivity contribution in [3.05, 3.63) is 29.8 Å². The number of benzene rings is 1. The van der Waals surface area contributed by atoms with Crippen molar-refractivity contribution < 1.29 is 22.7 Å². The molecule has 3 aliphatic heterocycles. The lowest BCUT2D eigenvalue weighted by atomic mass is 10.1. The molecule has 0 spiro atoms. The molecule has 0 saturated carbocycles. The fourth-order valence-electron chi connectivity index (χ4n) is 3.73. The number of methoxy groups -OCH3 is 1. The standard InChI is InChI=1S/C18H22N2O5S2/c1-24-13-5-2-4-12(8-13)9-20-14-10-27(22,23)11-16(14)26-18(20)19-17(21)15-6-3-7-25-15/h2,4-5,8,14-16H,3,6-7,9-11H2,1H3/t14-,15-,16+/m0/s1. The van der Waals surface area contributed by atoms with Gasteiger partial charge in [0.25, 0.3) is 5.91 Å². The summed E-state index contributed by atoms with van der Waals surface area (Å²) in [7, 11) is -1.45. The van der Waals surface area contributed by atoms with Gasteiger partial charge in [-0.1, -0.05) is 23.9 Å². The molecule has 0 bridgehead atoms. The third-order valence-corrected chi connectivity index (χ3v) is 8.32. The molecule has 9 heteroatoms. The van der Waals surface area contributed by atoms with Gasteiger partial charge in [-0.05, 0) is 30.5 Å². The third-order valence-electron chi connectivity index (χ3n) is 5.07. The maximum atomic E-state index is 12.5. The Morgan fingerprint density at radius 1 is 1.41 bits per heavy atom. The Morgan fingerprint density at radius 2 is 2.26 bits per heavy atom. The summed E-state index contributed by atoms with van der Waals surface area (Å²) >= 11 is 1.40. The average molecular weight is 411 g/mol. The fourth-order valence-corrected chi connectivity index (χ4v) is 7.68. The Balaban J connectivity index is 1.60. The van der Waals surface area contributed by atoms with E-state index in [0.29, 0.717) is 24.7 Å². The lowest BCUT2D eigenvalue weighted by Crippen LogP contribution is -2.37. The zero-order valence-corrected chi connectivity index (χ0v) is 16.7. The number of rotatable bonds is 4. The zero-order chi connectivity index (χ0) is 19.0. The second-order valence-electron chi connectivity index (χ2n) is 7.01. The number of hydrogen-bond acceptors (Lipinski definition) is 6. The van der Waals surface area contributed by atoms with Crippen LogP contribution in [0.2, 0.25) is 0 Å². The van der Waals surface area contributed by atoms with Crippen molar-refractivity contribution in [2.24, 2.45) is 4.99 Å². The van der Waals surface area contributed by atoms with Gasteiger partial charge >= 0.3 is 0 Å². The van der Waals surface area contributed by atoms with Gasteiger partial charge in [0.15, 0.2) is 15.0 Å². The van der Waals surface area contributed by atoms with Crippen LogP contribution < -0.4 is 4.74 Å². The van der Waals surface area contributed by atoms with Gasteiger partial charge in [0.05, 0.1) is 24.7 Å². The Labute approximate surface area is 163 Å². The number of sulfone groups is 1. The van der Waals surface area contributed by atoms with E-state index in [2.05, 4.69) is 4.99 Å². The summed E-state index contributed by atoms with van der Waals surface area (Å²) in [5.74, 6) is 0.698. The Morgan fingerprint density at radius 3 is 3.00 bits per heavy atom. The predicted molar refractivity (Wildman–Crippen MR) is 104 cm³/mol. The Kier molecular flexibility index (Phi) is 5.17. The predicted octanol–water partition coefficient (Wildman–Crippen LogP) is 1.47. The summed E-state index contributed by atoms with van der Waals surface area (Å²) in [6.07, 6.45) is 1.09. The van der Waals surface area contributed by atoms with E-state index < -0.39 is 15.9 Å². The molecule has 0 radical (unpaired) electrons. The van der Waals surface area contributed by atoms with Gasteiger partial charge in [-0.25, -0.2) is 8.42 Å². The van der Waals surface area contributed by atoms with E-state index in [4.69, 9.17) is 9.47 Å². The minimum Gasteiger partial charge on any atom is -0.497 e. The van der Waals surface area contributed by atoms with Gasteiger partial charge in [-0.15, -0.1) is 0 Å². The largest absolute Gasteiger partial charge is 0.497 e. The van der Waals surface area contributed by atoms with Crippen LogP contribution in [-0.4, -0.2) is 67.0 Å². The van der Waals surface area contributed by atoms with E-state index in [-0.39, 0.29) is 28.7 Å². The molecule has 3 heterocycles. The van der Waals surface area contributed by atoms with Gasteiger partial charge < -0.3 is 14.4 Å². The number of fused-ring (bicyclic) bond motifs is 1. The molecule has 4 rings (SSSR count). The number of aliphatic imine (C=N–C) groups is 1. The first-order valence-corrected chi connectivity index (χ1v) is 11.7. The smallest absolute Gasteiger partial charge is 0.277 e. The quantitative estimate of drug-likeness (QED) is 0.743. The first-order chi connectivity index (χ1) is 12.9. The van der Waals surface area contributed by atoms with Crippen LogP contribution in [0.5, 0.6) is 5.75 Å². The van der Waals surface area contributed by atoms with Crippen LogP contribution in [-0.2, 0) is 25.9 Å². The Bertz CT molecular complexity index is 864. The van der Waals surface area contributed by atoms with Gasteiger partial charge in [-0.3, -0.25) is 4.79 Å². The molecule has 3 saturated heterocycles.